The molecule has 0 radical (unpaired) electrons. The van der Waals surface area contributed by atoms with E-state index in [-0.39, 0.29) is 0 Å². The Bertz CT molecular complexity index is 317. The third kappa shape index (κ3) is 4.86. The molecule has 1 heterocycles. The molecule has 0 saturated heterocycles. The smallest absolute Gasteiger partial charge is 0.138 e. The van der Waals surface area contributed by atoms with Gasteiger partial charge in [-0.1, -0.05) is 20.8 Å². The standard InChI is InChI=1S/C13H26N4/c1-10(2)7-14-8-12(5)6-13-15-9-16-17(13)11(3)4/h9-12,14H,6-8H2,1-5H3. The van der Waals surface area contributed by atoms with Crippen LogP contribution in [0.15, 0.2) is 6.33 Å². The first-order valence-corrected chi connectivity index (χ1v) is 6.59. The molecule has 0 fully saturated rings. The molecule has 0 aliphatic heterocycles. The fourth-order valence-electron chi connectivity index (χ4n) is 1.85. The van der Waals surface area contributed by atoms with E-state index >= 15 is 0 Å². The third-order valence-electron chi connectivity index (χ3n) is 2.71. The average molecular weight is 238 g/mol. The lowest BCUT2D eigenvalue weighted by Gasteiger charge is -2.15. The summed E-state index contributed by atoms with van der Waals surface area (Å²) in [6, 6.07) is 0.392. The summed E-state index contributed by atoms with van der Waals surface area (Å²) in [7, 11) is 0. The van der Waals surface area contributed by atoms with Crippen LogP contribution in [0.5, 0.6) is 0 Å². The lowest BCUT2D eigenvalue weighted by atomic mass is 10.1. The van der Waals surface area contributed by atoms with Crippen LogP contribution in [0.2, 0.25) is 0 Å². The van der Waals surface area contributed by atoms with Crippen molar-refractivity contribution < 1.29 is 0 Å². The third-order valence-corrected chi connectivity index (χ3v) is 2.71. The van der Waals surface area contributed by atoms with Crippen LogP contribution in [-0.2, 0) is 6.42 Å². The van der Waals surface area contributed by atoms with Gasteiger partial charge in [0.25, 0.3) is 0 Å². The van der Waals surface area contributed by atoms with E-state index in [9.17, 15) is 0 Å². The van der Waals surface area contributed by atoms with E-state index in [4.69, 9.17) is 0 Å². The summed E-state index contributed by atoms with van der Waals surface area (Å²) in [6.45, 7) is 13.1. The van der Waals surface area contributed by atoms with Crippen LogP contribution >= 0.6 is 0 Å². The molecule has 0 saturated carbocycles. The van der Waals surface area contributed by atoms with Crippen molar-refractivity contribution in [3.05, 3.63) is 12.2 Å². The van der Waals surface area contributed by atoms with Gasteiger partial charge in [0.15, 0.2) is 0 Å². The molecule has 1 aromatic rings. The normalized spacial score (nSPS) is 13.6. The Hall–Kier alpha value is -0.900. The van der Waals surface area contributed by atoms with Crippen LogP contribution < -0.4 is 5.32 Å². The number of hydrogen-bond donors (Lipinski definition) is 1. The average Bonchev–Trinajstić information content (AvgIpc) is 2.65. The molecule has 0 aromatic carbocycles. The zero-order valence-corrected chi connectivity index (χ0v) is 11.8. The Balaban J connectivity index is 2.39. The molecule has 1 unspecified atom stereocenters. The van der Waals surface area contributed by atoms with E-state index in [1.54, 1.807) is 6.33 Å². The molecule has 4 heteroatoms. The number of hydrogen-bond acceptors (Lipinski definition) is 3. The van der Waals surface area contributed by atoms with Gasteiger partial charge in [-0.05, 0) is 38.8 Å². The van der Waals surface area contributed by atoms with Gasteiger partial charge in [-0.15, -0.1) is 0 Å². The number of aromatic nitrogens is 3. The minimum Gasteiger partial charge on any atom is -0.316 e. The van der Waals surface area contributed by atoms with Crippen LogP contribution in [0.25, 0.3) is 0 Å². The van der Waals surface area contributed by atoms with Crippen LogP contribution in [0.3, 0.4) is 0 Å². The zero-order chi connectivity index (χ0) is 12.8. The highest BCUT2D eigenvalue weighted by atomic mass is 15.3. The number of rotatable bonds is 7. The highest BCUT2D eigenvalue weighted by Gasteiger charge is 2.11. The van der Waals surface area contributed by atoms with Crippen molar-refractivity contribution in [1.29, 1.82) is 0 Å². The lowest BCUT2D eigenvalue weighted by molar-refractivity contribution is 0.440. The van der Waals surface area contributed by atoms with Gasteiger partial charge in [0, 0.05) is 12.5 Å². The van der Waals surface area contributed by atoms with Crippen LogP contribution in [0.1, 0.15) is 46.5 Å². The highest BCUT2D eigenvalue weighted by Crippen LogP contribution is 2.10. The van der Waals surface area contributed by atoms with Gasteiger partial charge in [-0.2, -0.15) is 5.10 Å². The van der Waals surface area contributed by atoms with Crippen LogP contribution in [0, 0.1) is 11.8 Å². The predicted molar refractivity (Wildman–Crippen MR) is 71.0 cm³/mol. The Labute approximate surface area is 105 Å². The molecule has 1 atom stereocenters. The summed E-state index contributed by atoms with van der Waals surface area (Å²) in [4.78, 5) is 4.34. The summed E-state index contributed by atoms with van der Waals surface area (Å²) in [6.07, 6.45) is 2.65. The molecule has 0 aliphatic carbocycles. The van der Waals surface area contributed by atoms with E-state index < -0.39 is 0 Å². The van der Waals surface area contributed by atoms with Gasteiger partial charge < -0.3 is 5.32 Å². The maximum atomic E-state index is 4.34. The summed E-state index contributed by atoms with van der Waals surface area (Å²) >= 11 is 0. The topological polar surface area (TPSA) is 42.7 Å². The summed E-state index contributed by atoms with van der Waals surface area (Å²) < 4.78 is 2.01. The van der Waals surface area contributed by atoms with Crippen molar-refractivity contribution in [2.24, 2.45) is 11.8 Å². The molecule has 1 N–H and O–H groups in total. The predicted octanol–water partition coefficient (Wildman–Crippen LogP) is 2.28. The fourth-order valence-corrected chi connectivity index (χ4v) is 1.85. The number of nitrogens with one attached hydrogen (secondary N) is 1. The van der Waals surface area contributed by atoms with E-state index in [1.807, 2.05) is 4.68 Å². The Morgan fingerprint density at radius 3 is 2.47 bits per heavy atom. The molecule has 0 bridgehead atoms. The van der Waals surface area contributed by atoms with Crippen LogP contribution in [-0.4, -0.2) is 27.9 Å². The molecular weight excluding hydrogens is 212 g/mol. The zero-order valence-electron chi connectivity index (χ0n) is 11.8. The second-order valence-corrected chi connectivity index (χ2v) is 5.58. The van der Waals surface area contributed by atoms with Gasteiger partial charge >= 0.3 is 0 Å². The lowest BCUT2D eigenvalue weighted by Crippen LogP contribution is -2.27. The maximum Gasteiger partial charge on any atom is 0.138 e. The Kier molecular flexibility index (Phi) is 5.62. The highest BCUT2D eigenvalue weighted by molar-refractivity contribution is 4.88. The molecule has 98 valence electrons. The van der Waals surface area contributed by atoms with Crippen molar-refractivity contribution in [1.82, 2.24) is 20.1 Å². The van der Waals surface area contributed by atoms with Crippen molar-refractivity contribution in [3.8, 4) is 0 Å². The Morgan fingerprint density at radius 1 is 1.18 bits per heavy atom. The van der Waals surface area contributed by atoms with Gasteiger partial charge in [0.2, 0.25) is 0 Å². The fraction of sp³-hybridized carbons (Fsp3) is 0.846. The Morgan fingerprint density at radius 2 is 1.88 bits per heavy atom. The molecular formula is C13H26N4. The quantitative estimate of drug-likeness (QED) is 0.792. The minimum atomic E-state index is 0.392. The molecule has 0 aliphatic rings. The first-order chi connectivity index (χ1) is 8.00. The van der Waals surface area contributed by atoms with E-state index in [2.05, 4.69) is 50.0 Å². The van der Waals surface area contributed by atoms with Crippen molar-refractivity contribution in [2.75, 3.05) is 13.1 Å². The van der Waals surface area contributed by atoms with E-state index in [0.717, 1.165) is 25.3 Å². The van der Waals surface area contributed by atoms with Gasteiger partial charge in [-0.25, -0.2) is 9.67 Å². The molecule has 1 aromatic heterocycles. The second-order valence-electron chi connectivity index (χ2n) is 5.58. The van der Waals surface area contributed by atoms with E-state index in [0.29, 0.717) is 17.9 Å². The second kappa shape index (κ2) is 6.74. The monoisotopic (exact) mass is 238 g/mol. The molecule has 17 heavy (non-hydrogen) atoms. The summed E-state index contributed by atoms with van der Waals surface area (Å²) in [5.41, 5.74) is 0. The largest absolute Gasteiger partial charge is 0.316 e. The van der Waals surface area contributed by atoms with Gasteiger partial charge in [0.05, 0.1) is 0 Å². The molecule has 0 spiro atoms. The molecule has 1 rings (SSSR count). The number of nitrogens with zero attached hydrogens (tertiary/aromatic N) is 3. The van der Waals surface area contributed by atoms with Crippen molar-refractivity contribution >= 4 is 0 Å². The molecule has 4 nitrogen and oxygen atoms in total. The van der Waals surface area contributed by atoms with E-state index in [1.165, 1.54) is 0 Å². The SMILES string of the molecule is CC(C)CNCC(C)Cc1ncnn1C(C)C. The first kappa shape index (κ1) is 14.2. The maximum absolute atomic E-state index is 4.34. The van der Waals surface area contributed by atoms with Gasteiger partial charge in [0.1, 0.15) is 12.2 Å². The van der Waals surface area contributed by atoms with Crippen molar-refractivity contribution in [3.63, 3.8) is 0 Å². The van der Waals surface area contributed by atoms with Gasteiger partial charge in [-0.3, -0.25) is 0 Å². The van der Waals surface area contributed by atoms with Crippen molar-refractivity contribution in [2.45, 2.75) is 47.1 Å². The first-order valence-electron chi connectivity index (χ1n) is 6.59. The molecule has 0 amide bonds. The minimum absolute atomic E-state index is 0.392. The summed E-state index contributed by atoms with van der Waals surface area (Å²) in [5.74, 6) is 2.40. The van der Waals surface area contributed by atoms with Crippen LogP contribution in [0.4, 0.5) is 0 Å². The summed E-state index contributed by atoms with van der Waals surface area (Å²) in [5, 5.41) is 7.75.